The molecular formula is C13H13BrN2OS. The SMILES string of the molecule is Cc1nc(C2CC(N)c3ccc(Br)cc3O2)cs1. The lowest BCUT2D eigenvalue weighted by Crippen LogP contribution is -2.24. The van der Waals surface area contributed by atoms with Crippen LogP contribution in [0.1, 0.15) is 34.8 Å². The Hall–Kier alpha value is -0.910. The normalized spacial score (nSPS) is 22.4. The lowest BCUT2D eigenvalue weighted by Gasteiger charge is -2.29. The number of nitrogens with zero attached hydrogens (tertiary/aromatic N) is 1. The van der Waals surface area contributed by atoms with Crippen molar-refractivity contribution in [1.82, 2.24) is 4.98 Å². The molecule has 94 valence electrons. The zero-order valence-corrected chi connectivity index (χ0v) is 12.3. The Morgan fingerprint density at radius 1 is 1.50 bits per heavy atom. The number of fused-ring (bicyclic) bond motifs is 1. The van der Waals surface area contributed by atoms with Crippen molar-refractivity contribution in [2.75, 3.05) is 0 Å². The molecule has 0 saturated carbocycles. The lowest BCUT2D eigenvalue weighted by molar-refractivity contribution is 0.157. The van der Waals surface area contributed by atoms with E-state index in [4.69, 9.17) is 10.5 Å². The molecule has 0 spiro atoms. The number of thiazole rings is 1. The fourth-order valence-electron chi connectivity index (χ4n) is 2.18. The van der Waals surface area contributed by atoms with Gasteiger partial charge in [0.2, 0.25) is 0 Å². The first kappa shape index (κ1) is 12.1. The van der Waals surface area contributed by atoms with Gasteiger partial charge in [-0.25, -0.2) is 4.98 Å². The highest BCUT2D eigenvalue weighted by molar-refractivity contribution is 9.10. The van der Waals surface area contributed by atoms with Gasteiger partial charge in [0.05, 0.1) is 10.7 Å². The summed E-state index contributed by atoms with van der Waals surface area (Å²) in [5, 5.41) is 3.11. The molecular weight excluding hydrogens is 312 g/mol. The van der Waals surface area contributed by atoms with Crippen molar-refractivity contribution in [3.63, 3.8) is 0 Å². The van der Waals surface area contributed by atoms with Crippen molar-refractivity contribution >= 4 is 27.3 Å². The van der Waals surface area contributed by atoms with E-state index in [1.165, 1.54) is 0 Å². The second-order valence-corrected chi connectivity index (χ2v) is 6.40. The van der Waals surface area contributed by atoms with Crippen molar-refractivity contribution < 1.29 is 4.74 Å². The van der Waals surface area contributed by atoms with Gasteiger partial charge >= 0.3 is 0 Å². The number of ether oxygens (including phenoxy) is 1. The molecule has 0 aliphatic carbocycles. The molecule has 2 atom stereocenters. The maximum Gasteiger partial charge on any atom is 0.143 e. The number of rotatable bonds is 1. The number of hydrogen-bond acceptors (Lipinski definition) is 4. The third-order valence-electron chi connectivity index (χ3n) is 3.08. The average Bonchev–Trinajstić information content (AvgIpc) is 2.75. The predicted octanol–water partition coefficient (Wildman–Crippen LogP) is 3.74. The maximum atomic E-state index is 6.21. The topological polar surface area (TPSA) is 48.1 Å². The summed E-state index contributed by atoms with van der Waals surface area (Å²) in [6.07, 6.45) is 0.740. The molecule has 0 radical (unpaired) electrons. The van der Waals surface area contributed by atoms with Gasteiger partial charge in [0, 0.05) is 27.9 Å². The largest absolute Gasteiger partial charge is 0.484 e. The van der Waals surface area contributed by atoms with Crippen molar-refractivity contribution in [2.24, 2.45) is 5.73 Å². The highest BCUT2D eigenvalue weighted by Crippen LogP contribution is 2.40. The van der Waals surface area contributed by atoms with Crippen LogP contribution in [0.3, 0.4) is 0 Å². The number of halogens is 1. The minimum Gasteiger partial charge on any atom is -0.484 e. The quantitative estimate of drug-likeness (QED) is 0.869. The second kappa shape index (κ2) is 4.64. The van der Waals surface area contributed by atoms with Gasteiger partial charge in [-0.15, -0.1) is 11.3 Å². The van der Waals surface area contributed by atoms with E-state index in [-0.39, 0.29) is 12.1 Å². The van der Waals surface area contributed by atoms with Gasteiger partial charge in [0.25, 0.3) is 0 Å². The number of nitrogens with two attached hydrogens (primary N) is 1. The summed E-state index contributed by atoms with van der Waals surface area (Å²) in [5.74, 6) is 0.860. The molecule has 1 aromatic carbocycles. The Labute approximate surface area is 118 Å². The maximum absolute atomic E-state index is 6.21. The minimum atomic E-state index is -0.0354. The molecule has 2 N–H and O–H groups in total. The molecule has 3 nitrogen and oxygen atoms in total. The second-order valence-electron chi connectivity index (χ2n) is 4.42. The molecule has 3 rings (SSSR count). The Morgan fingerprint density at radius 2 is 2.33 bits per heavy atom. The van der Waals surface area contributed by atoms with Gasteiger partial charge in [0.1, 0.15) is 11.9 Å². The molecule has 0 saturated heterocycles. The lowest BCUT2D eigenvalue weighted by atomic mass is 9.96. The Kier molecular flexibility index (Phi) is 3.13. The van der Waals surface area contributed by atoms with Crippen LogP contribution in [0.5, 0.6) is 5.75 Å². The Morgan fingerprint density at radius 3 is 3.06 bits per heavy atom. The molecule has 0 amide bonds. The molecule has 1 aliphatic heterocycles. The highest BCUT2D eigenvalue weighted by atomic mass is 79.9. The third kappa shape index (κ3) is 2.18. The van der Waals surface area contributed by atoms with Crippen LogP contribution in [0.15, 0.2) is 28.1 Å². The van der Waals surface area contributed by atoms with Gasteiger partial charge in [-0.1, -0.05) is 22.0 Å². The van der Waals surface area contributed by atoms with Gasteiger partial charge in [0.15, 0.2) is 0 Å². The Balaban J connectivity index is 1.95. The predicted molar refractivity (Wildman–Crippen MR) is 75.9 cm³/mol. The fraction of sp³-hybridized carbons (Fsp3) is 0.308. The van der Waals surface area contributed by atoms with Crippen LogP contribution in [-0.4, -0.2) is 4.98 Å². The number of aromatic nitrogens is 1. The molecule has 1 aromatic heterocycles. The standard InChI is InChI=1S/C13H13BrN2OS/c1-7-16-11(6-18-7)13-5-10(15)9-3-2-8(14)4-12(9)17-13/h2-4,6,10,13H,5,15H2,1H3. The summed E-state index contributed by atoms with van der Waals surface area (Å²) in [4.78, 5) is 4.49. The van der Waals surface area contributed by atoms with E-state index in [0.29, 0.717) is 0 Å². The summed E-state index contributed by atoms with van der Waals surface area (Å²) < 4.78 is 7.02. The molecule has 0 bridgehead atoms. The smallest absolute Gasteiger partial charge is 0.143 e. The zero-order valence-electron chi connectivity index (χ0n) is 9.89. The molecule has 5 heteroatoms. The van der Waals surface area contributed by atoms with Gasteiger partial charge in [-0.2, -0.15) is 0 Å². The van der Waals surface area contributed by atoms with E-state index in [2.05, 4.69) is 26.3 Å². The summed E-state index contributed by atoms with van der Waals surface area (Å²) >= 11 is 5.10. The van der Waals surface area contributed by atoms with E-state index >= 15 is 0 Å². The highest BCUT2D eigenvalue weighted by Gasteiger charge is 2.28. The fourth-order valence-corrected chi connectivity index (χ4v) is 3.18. The first-order valence-corrected chi connectivity index (χ1v) is 7.44. The van der Waals surface area contributed by atoms with Crippen LogP contribution < -0.4 is 10.5 Å². The van der Waals surface area contributed by atoms with Crippen LogP contribution in [0, 0.1) is 6.92 Å². The van der Waals surface area contributed by atoms with E-state index in [9.17, 15) is 0 Å². The molecule has 2 heterocycles. The molecule has 2 aromatic rings. The summed E-state index contributed by atoms with van der Waals surface area (Å²) in [7, 11) is 0. The van der Waals surface area contributed by atoms with Crippen LogP contribution >= 0.6 is 27.3 Å². The van der Waals surface area contributed by atoms with Crippen LogP contribution in [-0.2, 0) is 0 Å². The summed E-state index contributed by atoms with van der Waals surface area (Å²) in [6, 6.07) is 6.00. The van der Waals surface area contributed by atoms with Gasteiger partial charge in [-0.3, -0.25) is 0 Å². The van der Waals surface area contributed by atoms with Crippen molar-refractivity contribution in [1.29, 1.82) is 0 Å². The number of benzene rings is 1. The monoisotopic (exact) mass is 324 g/mol. The van der Waals surface area contributed by atoms with E-state index < -0.39 is 0 Å². The van der Waals surface area contributed by atoms with Gasteiger partial charge in [-0.05, 0) is 19.1 Å². The van der Waals surface area contributed by atoms with Gasteiger partial charge < -0.3 is 10.5 Å². The zero-order chi connectivity index (χ0) is 12.7. The van der Waals surface area contributed by atoms with E-state index in [1.54, 1.807) is 11.3 Å². The van der Waals surface area contributed by atoms with E-state index in [0.717, 1.165) is 32.9 Å². The third-order valence-corrected chi connectivity index (χ3v) is 4.36. The summed E-state index contributed by atoms with van der Waals surface area (Å²) in [5.41, 5.74) is 8.27. The van der Waals surface area contributed by atoms with Crippen molar-refractivity contribution in [3.05, 3.63) is 44.3 Å². The van der Waals surface area contributed by atoms with Crippen LogP contribution in [0.2, 0.25) is 0 Å². The first-order chi connectivity index (χ1) is 8.63. The number of hydrogen-bond donors (Lipinski definition) is 1. The molecule has 1 aliphatic rings. The van der Waals surface area contributed by atoms with Crippen LogP contribution in [0.4, 0.5) is 0 Å². The molecule has 18 heavy (non-hydrogen) atoms. The van der Waals surface area contributed by atoms with Crippen molar-refractivity contribution in [2.45, 2.75) is 25.5 Å². The Bertz CT molecular complexity index is 584. The molecule has 0 fully saturated rings. The van der Waals surface area contributed by atoms with Crippen molar-refractivity contribution in [3.8, 4) is 5.75 Å². The minimum absolute atomic E-state index is 0.00820. The first-order valence-electron chi connectivity index (χ1n) is 5.77. The van der Waals surface area contributed by atoms with Crippen LogP contribution in [0.25, 0.3) is 0 Å². The average molecular weight is 325 g/mol. The molecule has 2 unspecified atom stereocenters. The van der Waals surface area contributed by atoms with E-state index in [1.807, 2.05) is 25.1 Å². The number of aryl methyl sites for hydroxylation is 1. The summed E-state index contributed by atoms with van der Waals surface area (Å²) in [6.45, 7) is 2.00.